The van der Waals surface area contributed by atoms with Gasteiger partial charge in [0.1, 0.15) is 12.2 Å². The van der Waals surface area contributed by atoms with Gasteiger partial charge in [0.25, 0.3) is 0 Å². The summed E-state index contributed by atoms with van der Waals surface area (Å²) in [5.74, 6) is 0.910. The van der Waals surface area contributed by atoms with Gasteiger partial charge in [-0.3, -0.25) is 5.10 Å². The second kappa shape index (κ2) is 4.57. The molecule has 0 saturated heterocycles. The summed E-state index contributed by atoms with van der Waals surface area (Å²) in [6.07, 6.45) is 5.13. The van der Waals surface area contributed by atoms with Gasteiger partial charge >= 0.3 is 0 Å². The van der Waals surface area contributed by atoms with E-state index in [4.69, 9.17) is 0 Å². The van der Waals surface area contributed by atoms with Crippen molar-refractivity contribution in [2.24, 2.45) is 0 Å². The second-order valence-electron chi connectivity index (χ2n) is 4.93. The molecular weight excluding hydrogens is 228 g/mol. The fraction of sp³-hybridized carbons (Fsp3) is 0.538. The third-order valence-electron chi connectivity index (χ3n) is 3.74. The van der Waals surface area contributed by atoms with Crippen LogP contribution in [-0.4, -0.2) is 24.9 Å². The Bertz CT molecular complexity index is 529. The van der Waals surface area contributed by atoms with Gasteiger partial charge in [-0.1, -0.05) is 0 Å². The van der Waals surface area contributed by atoms with E-state index in [2.05, 4.69) is 32.7 Å². The number of H-pyrrole nitrogens is 1. The number of hydrogen-bond acceptors (Lipinski definition) is 3. The molecule has 1 atom stereocenters. The first-order valence-corrected chi connectivity index (χ1v) is 6.47. The average Bonchev–Trinajstić information content (AvgIpc) is 2.95. The lowest BCUT2D eigenvalue weighted by Gasteiger charge is -2.20. The lowest BCUT2D eigenvalue weighted by Crippen LogP contribution is -2.14. The van der Waals surface area contributed by atoms with Gasteiger partial charge in [0, 0.05) is 29.9 Å². The minimum atomic E-state index is -0.279. The molecule has 0 aliphatic heterocycles. The topological polar surface area (TPSA) is 66.7 Å². The molecule has 96 valence electrons. The smallest absolute Gasteiger partial charge is 0.137 e. The number of aromatic amines is 1. The third kappa shape index (κ3) is 1.95. The molecule has 0 bridgehead atoms. The van der Waals surface area contributed by atoms with Crippen molar-refractivity contribution in [1.29, 1.82) is 0 Å². The maximum Gasteiger partial charge on any atom is 0.137 e. The highest BCUT2D eigenvalue weighted by Gasteiger charge is 2.22. The number of fused-ring (bicyclic) bond motifs is 1. The molecule has 0 spiro atoms. The Morgan fingerprint density at radius 3 is 3.22 bits per heavy atom. The van der Waals surface area contributed by atoms with Crippen LogP contribution >= 0.6 is 0 Å². The van der Waals surface area contributed by atoms with E-state index in [0.29, 0.717) is 0 Å². The first kappa shape index (κ1) is 11.5. The first-order valence-electron chi connectivity index (χ1n) is 6.47. The molecule has 0 aromatic carbocycles. The van der Waals surface area contributed by atoms with Crippen LogP contribution in [0.2, 0.25) is 0 Å². The van der Waals surface area contributed by atoms with E-state index in [1.807, 2.05) is 0 Å². The van der Waals surface area contributed by atoms with Gasteiger partial charge in [-0.05, 0) is 32.3 Å². The normalized spacial score (nSPS) is 18.9. The SMILES string of the molecule is Cc1cc2c(n1CCc1ncn[nH]1)CCCC2O. The van der Waals surface area contributed by atoms with Gasteiger partial charge in [0.05, 0.1) is 6.10 Å². The highest BCUT2D eigenvalue weighted by atomic mass is 16.3. The quantitative estimate of drug-likeness (QED) is 0.863. The summed E-state index contributed by atoms with van der Waals surface area (Å²) in [5, 5.41) is 16.8. The fourth-order valence-electron chi connectivity index (χ4n) is 2.82. The second-order valence-corrected chi connectivity index (χ2v) is 4.93. The number of nitrogens with one attached hydrogen (secondary N) is 1. The summed E-state index contributed by atoms with van der Waals surface area (Å²) in [7, 11) is 0. The molecule has 5 heteroatoms. The predicted octanol–water partition coefficient (Wildman–Crippen LogP) is 1.53. The standard InChI is InChI=1S/C13H18N4O/c1-9-7-10-11(3-2-4-12(10)18)17(9)6-5-13-14-8-15-16-13/h7-8,12,18H,2-6H2,1H3,(H,14,15,16). The summed E-state index contributed by atoms with van der Waals surface area (Å²) < 4.78 is 2.31. The maximum atomic E-state index is 10.0. The zero-order valence-electron chi connectivity index (χ0n) is 10.6. The molecule has 2 aromatic rings. The van der Waals surface area contributed by atoms with E-state index in [0.717, 1.165) is 43.6 Å². The Morgan fingerprint density at radius 2 is 2.44 bits per heavy atom. The van der Waals surface area contributed by atoms with E-state index in [-0.39, 0.29) is 6.10 Å². The average molecular weight is 246 g/mol. The van der Waals surface area contributed by atoms with Gasteiger partial charge in [0.2, 0.25) is 0 Å². The minimum absolute atomic E-state index is 0.279. The van der Waals surface area contributed by atoms with Gasteiger partial charge < -0.3 is 9.67 Å². The molecule has 1 unspecified atom stereocenters. The van der Waals surface area contributed by atoms with Crippen LogP contribution in [0.25, 0.3) is 0 Å². The molecule has 2 heterocycles. The molecule has 1 aliphatic carbocycles. The summed E-state index contributed by atoms with van der Waals surface area (Å²) >= 11 is 0. The molecular formula is C13H18N4O. The Kier molecular flexibility index (Phi) is 2.91. The Hall–Kier alpha value is -1.62. The van der Waals surface area contributed by atoms with Gasteiger partial charge in [-0.25, -0.2) is 4.98 Å². The van der Waals surface area contributed by atoms with Gasteiger partial charge in [-0.15, -0.1) is 0 Å². The van der Waals surface area contributed by atoms with Crippen molar-refractivity contribution in [3.05, 3.63) is 35.2 Å². The van der Waals surface area contributed by atoms with Crippen LogP contribution in [0.5, 0.6) is 0 Å². The van der Waals surface area contributed by atoms with Crippen molar-refractivity contribution < 1.29 is 5.11 Å². The number of hydrogen-bond donors (Lipinski definition) is 2. The van der Waals surface area contributed by atoms with E-state index in [1.165, 1.54) is 17.7 Å². The lowest BCUT2D eigenvalue weighted by molar-refractivity contribution is 0.155. The summed E-state index contributed by atoms with van der Waals surface area (Å²) in [6, 6.07) is 2.12. The highest BCUT2D eigenvalue weighted by Crippen LogP contribution is 2.32. The van der Waals surface area contributed by atoms with Crippen molar-refractivity contribution in [3.63, 3.8) is 0 Å². The largest absolute Gasteiger partial charge is 0.388 e. The number of nitrogens with zero attached hydrogens (tertiary/aromatic N) is 3. The molecule has 0 amide bonds. The molecule has 0 radical (unpaired) electrons. The van der Waals surface area contributed by atoms with Crippen LogP contribution in [0.4, 0.5) is 0 Å². The van der Waals surface area contributed by atoms with Crippen LogP contribution in [0.15, 0.2) is 12.4 Å². The Morgan fingerprint density at radius 1 is 1.56 bits per heavy atom. The van der Waals surface area contributed by atoms with Crippen molar-refractivity contribution in [1.82, 2.24) is 19.7 Å². The molecule has 18 heavy (non-hydrogen) atoms. The Labute approximate surface area is 106 Å². The number of aryl methyl sites for hydroxylation is 2. The maximum absolute atomic E-state index is 10.0. The highest BCUT2D eigenvalue weighted by molar-refractivity contribution is 5.31. The molecule has 2 aromatic heterocycles. The molecule has 0 saturated carbocycles. The van der Waals surface area contributed by atoms with Crippen LogP contribution < -0.4 is 0 Å². The number of aromatic nitrogens is 4. The third-order valence-corrected chi connectivity index (χ3v) is 3.74. The number of rotatable bonds is 3. The first-order chi connectivity index (χ1) is 8.75. The van der Waals surface area contributed by atoms with Crippen LogP contribution in [0.3, 0.4) is 0 Å². The van der Waals surface area contributed by atoms with Crippen LogP contribution in [0.1, 0.15) is 41.7 Å². The number of aliphatic hydroxyl groups is 1. The zero-order chi connectivity index (χ0) is 12.5. The summed E-state index contributed by atoms with van der Waals surface area (Å²) in [4.78, 5) is 4.14. The van der Waals surface area contributed by atoms with Crippen molar-refractivity contribution in [3.8, 4) is 0 Å². The van der Waals surface area contributed by atoms with Crippen LogP contribution in [0, 0.1) is 6.92 Å². The van der Waals surface area contributed by atoms with Gasteiger partial charge in [0.15, 0.2) is 0 Å². The van der Waals surface area contributed by atoms with E-state index in [1.54, 1.807) is 0 Å². The molecule has 2 N–H and O–H groups in total. The molecule has 0 fully saturated rings. The van der Waals surface area contributed by atoms with E-state index >= 15 is 0 Å². The summed E-state index contributed by atoms with van der Waals surface area (Å²) in [6.45, 7) is 2.99. The lowest BCUT2D eigenvalue weighted by atomic mass is 9.95. The van der Waals surface area contributed by atoms with E-state index < -0.39 is 0 Å². The zero-order valence-corrected chi connectivity index (χ0v) is 10.6. The Balaban J connectivity index is 1.83. The number of aliphatic hydroxyl groups excluding tert-OH is 1. The van der Waals surface area contributed by atoms with Crippen molar-refractivity contribution >= 4 is 0 Å². The molecule has 1 aliphatic rings. The van der Waals surface area contributed by atoms with E-state index in [9.17, 15) is 5.11 Å². The van der Waals surface area contributed by atoms with Crippen molar-refractivity contribution in [2.75, 3.05) is 0 Å². The summed E-state index contributed by atoms with van der Waals surface area (Å²) in [5.41, 5.74) is 3.64. The molecule has 5 nitrogen and oxygen atoms in total. The molecule has 3 rings (SSSR count). The monoisotopic (exact) mass is 246 g/mol. The fourth-order valence-corrected chi connectivity index (χ4v) is 2.82. The van der Waals surface area contributed by atoms with Gasteiger partial charge in [-0.2, -0.15) is 5.10 Å². The minimum Gasteiger partial charge on any atom is -0.388 e. The predicted molar refractivity (Wildman–Crippen MR) is 67.2 cm³/mol. The van der Waals surface area contributed by atoms with Crippen LogP contribution in [-0.2, 0) is 19.4 Å². The van der Waals surface area contributed by atoms with Crippen molar-refractivity contribution in [2.45, 2.75) is 45.3 Å².